The van der Waals surface area contributed by atoms with E-state index in [0.29, 0.717) is 25.1 Å². The highest BCUT2D eigenvalue weighted by Crippen LogP contribution is 2.06. The monoisotopic (exact) mass is 372 g/mol. The number of esters is 1. The zero-order valence-electron chi connectivity index (χ0n) is 15.3. The average molecular weight is 372 g/mol. The van der Waals surface area contributed by atoms with Gasteiger partial charge in [-0.25, -0.2) is 4.79 Å². The van der Waals surface area contributed by atoms with Crippen LogP contribution in [0.3, 0.4) is 0 Å². The van der Waals surface area contributed by atoms with Gasteiger partial charge in [0.05, 0.1) is 19.9 Å². The predicted octanol–water partition coefficient (Wildman–Crippen LogP) is 1.97. The van der Waals surface area contributed by atoms with Gasteiger partial charge in [-0.2, -0.15) is 0 Å². The first kappa shape index (κ1) is 20.2. The number of nitrogens with one attached hydrogen (secondary N) is 2. The number of furan rings is 1. The number of hydrogen-bond acceptors (Lipinski definition) is 5. The molecule has 7 nitrogen and oxygen atoms in total. The molecule has 0 saturated carbocycles. The van der Waals surface area contributed by atoms with Crippen LogP contribution in [0.4, 0.5) is 0 Å². The first-order valence-electron chi connectivity index (χ1n) is 8.78. The molecule has 2 aromatic rings. The van der Waals surface area contributed by atoms with Crippen molar-refractivity contribution in [2.24, 2.45) is 0 Å². The van der Waals surface area contributed by atoms with Crippen molar-refractivity contribution in [1.29, 1.82) is 0 Å². The second kappa shape index (κ2) is 10.8. The molecular formula is C20H24N2O5. The molecule has 2 rings (SSSR count). The molecule has 2 amide bonds. The zero-order chi connectivity index (χ0) is 19.5. The molecule has 1 heterocycles. The van der Waals surface area contributed by atoms with E-state index in [1.165, 1.54) is 7.11 Å². The van der Waals surface area contributed by atoms with E-state index < -0.39 is 12.0 Å². The highest BCUT2D eigenvalue weighted by Gasteiger charge is 2.21. The van der Waals surface area contributed by atoms with E-state index in [2.05, 4.69) is 10.6 Å². The molecule has 1 aromatic heterocycles. The molecule has 1 atom stereocenters. The van der Waals surface area contributed by atoms with Crippen LogP contribution in [0.15, 0.2) is 53.1 Å². The Labute approximate surface area is 158 Å². The third-order valence-corrected chi connectivity index (χ3v) is 3.95. The van der Waals surface area contributed by atoms with Crippen LogP contribution in [0.5, 0.6) is 0 Å². The minimum Gasteiger partial charge on any atom is -0.467 e. The van der Waals surface area contributed by atoms with Crippen molar-refractivity contribution in [1.82, 2.24) is 10.6 Å². The number of benzene rings is 1. The Bertz CT molecular complexity index is 728. The minimum absolute atomic E-state index is 0.149. The summed E-state index contributed by atoms with van der Waals surface area (Å²) in [4.78, 5) is 35.8. The van der Waals surface area contributed by atoms with Gasteiger partial charge in [-0.1, -0.05) is 30.3 Å². The van der Waals surface area contributed by atoms with Gasteiger partial charge in [0.1, 0.15) is 11.8 Å². The van der Waals surface area contributed by atoms with Crippen LogP contribution in [-0.4, -0.2) is 30.9 Å². The van der Waals surface area contributed by atoms with E-state index >= 15 is 0 Å². The standard InChI is InChI=1S/C20H24N2O5/c1-26-20(25)17(13-15-7-3-2-4-8-15)22-19(24)11-5-10-18(23)21-14-16-9-6-12-27-16/h2-4,6-9,12,17H,5,10-11,13-14H2,1H3,(H,21,23)(H,22,24)/t17-/m1/s1. The molecule has 27 heavy (non-hydrogen) atoms. The summed E-state index contributed by atoms with van der Waals surface area (Å²) in [6.45, 7) is 0.319. The summed E-state index contributed by atoms with van der Waals surface area (Å²) in [6, 6.07) is 12.1. The van der Waals surface area contributed by atoms with E-state index in [-0.39, 0.29) is 24.7 Å². The van der Waals surface area contributed by atoms with Crippen molar-refractivity contribution in [3.8, 4) is 0 Å². The first-order chi connectivity index (χ1) is 13.1. The lowest BCUT2D eigenvalue weighted by Crippen LogP contribution is -2.43. The quantitative estimate of drug-likeness (QED) is 0.622. The predicted molar refractivity (Wildman–Crippen MR) is 98.5 cm³/mol. The van der Waals surface area contributed by atoms with Crippen LogP contribution in [0.25, 0.3) is 0 Å². The normalized spacial score (nSPS) is 11.4. The third-order valence-electron chi connectivity index (χ3n) is 3.95. The SMILES string of the molecule is COC(=O)[C@@H](Cc1ccccc1)NC(=O)CCCC(=O)NCc1ccco1. The fourth-order valence-corrected chi connectivity index (χ4v) is 2.55. The largest absolute Gasteiger partial charge is 0.467 e. The Morgan fingerprint density at radius 1 is 1.04 bits per heavy atom. The summed E-state index contributed by atoms with van der Waals surface area (Å²) in [5.41, 5.74) is 0.922. The summed E-state index contributed by atoms with van der Waals surface area (Å²) in [6.07, 6.45) is 2.64. The van der Waals surface area contributed by atoms with Crippen LogP contribution in [0.2, 0.25) is 0 Å². The Hall–Kier alpha value is -3.09. The maximum atomic E-state index is 12.1. The Morgan fingerprint density at radius 3 is 2.44 bits per heavy atom. The number of carbonyl (C=O) groups excluding carboxylic acids is 3. The second-order valence-electron chi connectivity index (χ2n) is 6.04. The first-order valence-corrected chi connectivity index (χ1v) is 8.78. The van der Waals surface area contributed by atoms with E-state index in [0.717, 1.165) is 5.56 Å². The van der Waals surface area contributed by atoms with E-state index in [1.807, 2.05) is 30.3 Å². The van der Waals surface area contributed by atoms with Crippen molar-refractivity contribution in [3.63, 3.8) is 0 Å². The Kier molecular flexibility index (Phi) is 8.09. The lowest BCUT2D eigenvalue weighted by Gasteiger charge is -2.16. The number of carbonyl (C=O) groups is 3. The van der Waals surface area contributed by atoms with E-state index in [4.69, 9.17) is 9.15 Å². The molecule has 0 saturated heterocycles. The van der Waals surface area contributed by atoms with Crippen molar-refractivity contribution in [3.05, 3.63) is 60.1 Å². The molecule has 0 aliphatic heterocycles. The summed E-state index contributed by atoms with van der Waals surface area (Å²) in [5, 5.41) is 5.41. The van der Waals surface area contributed by atoms with Crippen molar-refractivity contribution < 1.29 is 23.5 Å². The topological polar surface area (TPSA) is 97.6 Å². The van der Waals surface area contributed by atoms with Crippen molar-refractivity contribution in [2.75, 3.05) is 7.11 Å². The van der Waals surface area contributed by atoms with Crippen LogP contribution in [0.1, 0.15) is 30.6 Å². The molecule has 0 spiro atoms. The van der Waals surface area contributed by atoms with Crippen molar-refractivity contribution in [2.45, 2.75) is 38.3 Å². The fourth-order valence-electron chi connectivity index (χ4n) is 2.55. The Morgan fingerprint density at radius 2 is 1.78 bits per heavy atom. The van der Waals surface area contributed by atoms with Crippen LogP contribution in [0, 0.1) is 0 Å². The van der Waals surface area contributed by atoms with Gasteiger partial charge in [-0.3, -0.25) is 9.59 Å². The number of amides is 2. The molecule has 1 aromatic carbocycles. The zero-order valence-corrected chi connectivity index (χ0v) is 15.3. The number of methoxy groups -OCH3 is 1. The number of hydrogen-bond donors (Lipinski definition) is 2. The molecule has 0 fully saturated rings. The van der Waals surface area contributed by atoms with Gasteiger partial charge >= 0.3 is 5.97 Å². The van der Waals surface area contributed by atoms with Gasteiger partial charge < -0.3 is 19.8 Å². The van der Waals surface area contributed by atoms with Crippen LogP contribution >= 0.6 is 0 Å². The molecule has 0 bridgehead atoms. The number of rotatable bonds is 10. The van der Waals surface area contributed by atoms with Gasteiger partial charge in [0.2, 0.25) is 11.8 Å². The summed E-state index contributed by atoms with van der Waals surface area (Å²) in [5.74, 6) is -0.278. The van der Waals surface area contributed by atoms with E-state index in [9.17, 15) is 14.4 Å². The van der Waals surface area contributed by atoms with Gasteiger partial charge in [0.25, 0.3) is 0 Å². The van der Waals surface area contributed by atoms with Gasteiger partial charge in [-0.15, -0.1) is 0 Å². The summed E-state index contributed by atoms with van der Waals surface area (Å²) >= 11 is 0. The molecule has 0 radical (unpaired) electrons. The average Bonchev–Trinajstić information content (AvgIpc) is 3.19. The Balaban J connectivity index is 1.72. The highest BCUT2D eigenvalue weighted by atomic mass is 16.5. The lowest BCUT2D eigenvalue weighted by atomic mass is 10.1. The van der Waals surface area contributed by atoms with Gasteiger partial charge in [-0.05, 0) is 24.1 Å². The lowest BCUT2D eigenvalue weighted by molar-refractivity contribution is -0.145. The smallest absolute Gasteiger partial charge is 0.328 e. The molecule has 7 heteroatoms. The second-order valence-corrected chi connectivity index (χ2v) is 6.04. The van der Waals surface area contributed by atoms with Gasteiger partial charge in [0, 0.05) is 19.3 Å². The minimum atomic E-state index is -0.752. The molecule has 0 unspecified atom stereocenters. The molecule has 0 aliphatic carbocycles. The van der Waals surface area contributed by atoms with E-state index in [1.54, 1.807) is 18.4 Å². The molecular weight excluding hydrogens is 348 g/mol. The third kappa shape index (κ3) is 7.35. The molecule has 144 valence electrons. The van der Waals surface area contributed by atoms with Crippen LogP contribution < -0.4 is 10.6 Å². The summed E-state index contributed by atoms with van der Waals surface area (Å²) < 4.78 is 9.90. The number of ether oxygens (including phenoxy) is 1. The summed E-state index contributed by atoms with van der Waals surface area (Å²) in [7, 11) is 1.29. The maximum Gasteiger partial charge on any atom is 0.328 e. The van der Waals surface area contributed by atoms with Crippen molar-refractivity contribution >= 4 is 17.8 Å². The maximum absolute atomic E-state index is 12.1. The molecule has 0 aliphatic rings. The molecule has 2 N–H and O–H groups in total. The highest BCUT2D eigenvalue weighted by molar-refractivity contribution is 5.85. The van der Waals surface area contributed by atoms with Gasteiger partial charge in [0.15, 0.2) is 0 Å². The van der Waals surface area contributed by atoms with Crippen LogP contribution in [-0.2, 0) is 32.1 Å². The fraction of sp³-hybridized carbons (Fsp3) is 0.350.